The van der Waals surface area contributed by atoms with Crippen LogP contribution >= 0.6 is 0 Å². The van der Waals surface area contributed by atoms with E-state index in [2.05, 4.69) is 6.92 Å². The van der Waals surface area contributed by atoms with Gasteiger partial charge < -0.3 is 15.4 Å². The third-order valence-corrected chi connectivity index (χ3v) is 2.22. The van der Waals surface area contributed by atoms with E-state index in [1.54, 1.807) is 0 Å². The molecule has 0 spiro atoms. The highest BCUT2D eigenvalue weighted by molar-refractivity contribution is 5.63. The van der Waals surface area contributed by atoms with Crippen molar-refractivity contribution in [1.82, 2.24) is 0 Å². The van der Waals surface area contributed by atoms with Crippen molar-refractivity contribution in [3.63, 3.8) is 0 Å². The SMILES string of the molecule is CCCCOc1cc(N)ccc1N(C)C. The normalized spacial score (nSPS) is 10.1. The maximum atomic E-state index is 5.73. The molecule has 0 amide bonds. The van der Waals surface area contributed by atoms with E-state index in [1.807, 2.05) is 37.2 Å². The van der Waals surface area contributed by atoms with Crippen molar-refractivity contribution in [2.75, 3.05) is 31.3 Å². The summed E-state index contributed by atoms with van der Waals surface area (Å²) < 4.78 is 5.70. The summed E-state index contributed by atoms with van der Waals surface area (Å²) in [6, 6.07) is 5.75. The maximum Gasteiger partial charge on any atom is 0.144 e. The van der Waals surface area contributed by atoms with Crippen LogP contribution in [0, 0.1) is 0 Å². The fourth-order valence-electron chi connectivity index (χ4n) is 1.34. The van der Waals surface area contributed by atoms with E-state index in [9.17, 15) is 0 Å². The molecule has 0 saturated heterocycles. The number of nitrogens with two attached hydrogens (primary N) is 1. The molecule has 0 unspecified atom stereocenters. The highest BCUT2D eigenvalue weighted by atomic mass is 16.5. The van der Waals surface area contributed by atoms with Crippen molar-refractivity contribution >= 4 is 11.4 Å². The topological polar surface area (TPSA) is 38.5 Å². The quantitative estimate of drug-likeness (QED) is 0.597. The van der Waals surface area contributed by atoms with Crippen LogP contribution in [-0.2, 0) is 0 Å². The Bertz CT molecular complexity index is 310. The van der Waals surface area contributed by atoms with Crippen molar-refractivity contribution in [2.45, 2.75) is 19.8 Å². The molecule has 0 bridgehead atoms. The van der Waals surface area contributed by atoms with Gasteiger partial charge in [0, 0.05) is 25.8 Å². The molecule has 1 rings (SSSR count). The summed E-state index contributed by atoms with van der Waals surface area (Å²) in [6.07, 6.45) is 2.21. The summed E-state index contributed by atoms with van der Waals surface area (Å²) >= 11 is 0. The number of nitrogens with zero attached hydrogens (tertiary/aromatic N) is 1. The van der Waals surface area contributed by atoms with Crippen LogP contribution in [0.4, 0.5) is 11.4 Å². The van der Waals surface area contributed by atoms with Gasteiger partial charge in [-0.2, -0.15) is 0 Å². The minimum absolute atomic E-state index is 0.743. The first-order valence-corrected chi connectivity index (χ1v) is 5.34. The summed E-state index contributed by atoms with van der Waals surface area (Å²) in [7, 11) is 4.00. The minimum atomic E-state index is 0.743. The fourth-order valence-corrected chi connectivity index (χ4v) is 1.34. The zero-order valence-electron chi connectivity index (χ0n) is 9.79. The third kappa shape index (κ3) is 3.35. The molecular formula is C12H20N2O. The highest BCUT2D eigenvalue weighted by Crippen LogP contribution is 2.29. The van der Waals surface area contributed by atoms with E-state index in [-0.39, 0.29) is 0 Å². The predicted octanol–water partition coefficient (Wildman–Crippen LogP) is 2.51. The number of hydrogen-bond acceptors (Lipinski definition) is 3. The van der Waals surface area contributed by atoms with E-state index in [0.29, 0.717) is 0 Å². The lowest BCUT2D eigenvalue weighted by Crippen LogP contribution is -2.11. The van der Waals surface area contributed by atoms with E-state index in [4.69, 9.17) is 10.5 Å². The maximum absolute atomic E-state index is 5.73. The minimum Gasteiger partial charge on any atom is -0.491 e. The average Bonchev–Trinajstić information content (AvgIpc) is 2.18. The lowest BCUT2D eigenvalue weighted by molar-refractivity contribution is 0.310. The molecule has 1 aromatic carbocycles. The van der Waals surface area contributed by atoms with Crippen LogP contribution < -0.4 is 15.4 Å². The van der Waals surface area contributed by atoms with E-state index < -0.39 is 0 Å². The van der Waals surface area contributed by atoms with Gasteiger partial charge in [0.15, 0.2) is 0 Å². The van der Waals surface area contributed by atoms with Crippen LogP contribution in [0.1, 0.15) is 19.8 Å². The molecule has 0 aromatic heterocycles. The number of nitrogen functional groups attached to an aromatic ring is 1. The molecule has 0 atom stereocenters. The Morgan fingerprint density at radius 3 is 2.67 bits per heavy atom. The van der Waals surface area contributed by atoms with Crippen LogP contribution in [0.5, 0.6) is 5.75 Å². The van der Waals surface area contributed by atoms with Gasteiger partial charge in [0.25, 0.3) is 0 Å². The molecule has 0 heterocycles. The van der Waals surface area contributed by atoms with Gasteiger partial charge in [-0.3, -0.25) is 0 Å². The molecule has 1 aromatic rings. The van der Waals surface area contributed by atoms with Crippen LogP contribution in [0.15, 0.2) is 18.2 Å². The van der Waals surface area contributed by atoms with Crippen molar-refractivity contribution in [1.29, 1.82) is 0 Å². The standard InChI is InChI=1S/C12H20N2O/c1-4-5-8-15-12-9-10(13)6-7-11(12)14(2)3/h6-7,9H,4-5,8,13H2,1-3H3. The van der Waals surface area contributed by atoms with Crippen molar-refractivity contribution < 1.29 is 4.74 Å². The first-order valence-electron chi connectivity index (χ1n) is 5.34. The zero-order chi connectivity index (χ0) is 11.3. The number of anilines is 2. The molecule has 0 aliphatic carbocycles. The summed E-state index contributed by atoms with van der Waals surface area (Å²) in [5.74, 6) is 0.869. The Kier molecular flexibility index (Phi) is 4.28. The Labute approximate surface area is 91.8 Å². The first-order chi connectivity index (χ1) is 7.15. The number of unbranched alkanes of at least 4 members (excludes halogenated alkanes) is 1. The second-order valence-corrected chi connectivity index (χ2v) is 3.82. The van der Waals surface area contributed by atoms with Gasteiger partial charge in [-0.05, 0) is 18.6 Å². The molecule has 0 aliphatic rings. The fraction of sp³-hybridized carbons (Fsp3) is 0.500. The summed E-state index contributed by atoms with van der Waals surface area (Å²) in [5.41, 5.74) is 7.55. The summed E-state index contributed by atoms with van der Waals surface area (Å²) in [5, 5.41) is 0. The lowest BCUT2D eigenvalue weighted by atomic mass is 10.2. The Hall–Kier alpha value is -1.38. The van der Waals surface area contributed by atoms with Crippen molar-refractivity contribution in [3.8, 4) is 5.75 Å². The van der Waals surface area contributed by atoms with Crippen LogP contribution in [0.2, 0.25) is 0 Å². The monoisotopic (exact) mass is 208 g/mol. The van der Waals surface area contributed by atoms with Crippen molar-refractivity contribution in [2.24, 2.45) is 0 Å². The molecule has 0 radical (unpaired) electrons. The van der Waals surface area contributed by atoms with Crippen LogP contribution in [-0.4, -0.2) is 20.7 Å². The predicted molar refractivity (Wildman–Crippen MR) is 65.6 cm³/mol. The van der Waals surface area contributed by atoms with Gasteiger partial charge >= 0.3 is 0 Å². The highest BCUT2D eigenvalue weighted by Gasteiger charge is 2.05. The summed E-state index contributed by atoms with van der Waals surface area (Å²) in [4.78, 5) is 2.03. The average molecular weight is 208 g/mol. The Morgan fingerprint density at radius 2 is 2.07 bits per heavy atom. The first kappa shape index (κ1) is 11.7. The largest absolute Gasteiger partial charge is 0.491 e. The van der Waals surface area contributed by atoms with Gasteiger partial charge in [-0.15, -0.1) is 0 Å². The molecule has 0 saturated carbocycles. The summed E-state index contributed by atoms with van der Waals surface area (Å²) in [6.45, 7) is 2.90. The van der Waals surface area contributed by atoms with Gasteiger partial charge in [-0.1, -0.05) is 13.3 Å². The third-order valence-electron chi connectivity index (χ3n) is 2.22. The second kappa shape index (κ2) is 5.49. The zero-order valence-corrected chi connectivity index (χ0v) is 9.79. The number of rotatable bonds is 5. The van der Waals surface area contributed by atoms with Gasteiger partial charge in [-0.25, -0.2) is 0 Å². The van der Waals surface area contributed by atoms with Crippen molar-refractivity contribution in [3.05, 3.63) is 18.2 Å². The Balaban J connectivity index is 2.77. The molecular weight excluding hydrogens is 188 g/mol. The number of ether oxygens (including phenoxy) is 1. The molecule has 2 N–H and O–H groups in total. The van der Waals surface area contributed by atoms with Crippen LogP contribution in [0.25, 0.3) is 0 Å². The van der Waals surface area contributed by atoms with E-state index in [0.717, 1.165) is 36.6 Å². The number of benzene rings is 1. The van der Waals surface area contributed by atoms with E-state index in [1.165, 1.54) is 0 Å². The molecule has 3 nitrogen and oxygen atoms in total. The second-order valence-electron chi connectivity index (χ2n) is 3.82. The van der Waals surface area contributed by atoms with Gasteiger partial charge in [0.2, 0.25) is 0 Å². The number of hydrogen-bond donors (Lipinski definition) is 1. The lowest BCUT2D eigenvalue weighted by Gasteiger charge is -2.18. The Morgan fingerprint density at radius 1 is 1.33 bits per heavy atom. The molecule has 15 heavy (non-hydrogen) atoms. The van der Waals surface area contributed by atoms with Gasteiger partial charge in [0.1, 0.15) is 5.75 Å². The van der Waals surface area contributed by atoms with Gasteiger partial charge in [0.05, 0.1) is 12.3 Å². The van der Waals surface area contributed by atoms with Crippen LogP contribution in [0.3, 0.4) is 0 Å². The molecule has 0 aliphatic heterocycles. The molecule has 0 fully saturated rings. The smallest absolute Gasteiger partial charge is 0.144 e. The van der Waals surface area contributed by atoms with E-state index >= 15 is 0 Å². The molecule has 3 heteroatoms. The molecule has 84 valence electrons.